The molecule has 0 saturated carbocycles. The van der Waals surface area contributed by atoms with E-state index in [9.17, 15) is 9.59 Å². The highest BCUT2D eigenvalue weighted by molar-refractivity contribution is 5.92. The molecule has 1 aliphatic heterocycles. The Morgan fingerprint density at radius 3 is 2.67 bits per heavy atom. The Labute approximate surface area is 157 Å². The van der Waals surface area contributed by atoms with Gasteiger partial charge in [0.05, 0.1) is 5.56 Å². The first kappa shape index (κ1) is 18.5. The Morgan fingerprint density at radius 1 is 1.26 bits per heavy atom. The van der Waals surface area contributed by atoms with Crippen LogP contribution in [0.15, 0.2) is 42.6 Å². The lowest BCUT2D eigenvalue weighted by Crippen LogP contribution is -2.49. The van der Waals surface area contributed by atoms with Crippen LogP contribution in [0, 0.1) is 11.3 Å². The fourth-order valence-corrected chi connectivity index (χ4v) is 3.14. The molecule has 0 radical (unpaired) electrons. The van der Waals surface area contributed by atoms with Crippen LogP contribution in [0.4, 0.5) is 0 Å². The number of nitrogens with zero attached hydrogens (tertiary/aromatic N) is 2. The van der Waals surface area contributed by atoms with Crippen LogP contribution in [0.3, 0.4) is 0 Å². The van der Waals surface area contributed by atoms with Gasteiger partial charge in [0.1, 0.15) is 17.5 Å². The number of rotatable bonds is 5. The van der Waals surface area contributed by atoms with Gasteiger partial charge in [-0.1, -0.05) is 12.1 Å². The maximum atomic E-state index is 12.6. The molecule has 1 aromatic carbocycles. The van der Waals surface area contributed by atoms with Gasteiger partial charge < -0.3 is 19.9 Å². The van der Waals surface area contributed by atoms with Crippen molar-refractivity contribution in [1.29, 1.82) is 5.26 Å². The number of H-pyrrole nitrogens is 1. The lowest BCUT2D eigenvalue weighted by molar-refractivity contribution is -0.139. The Kier molecular flexibility index (Phi) is 5.77. The number of carbonyl (C=O) groups excluding carboxylic acids is 2. The summed E-state index contributed by atoms with van der Waals surface area (Å²) in [6.45, 7) is 2.81. The van der Waals surface area contributed by atoms with Crippen molar-refractivity contribution in [3.05, 3.63) is 53.9 Å². The minimum absolute atomic E-state index is 0.0420. The molecule has 1 atom stereocenters. The van der Waals surface area contributed by atoms with E-state index < -0.39 is 6.10 Å². The van der Waals surface area contributed by atoms with Crippen LogP contribution < -0.4 is 10.1 Å². The summed E-state index contributed by atoms with van der Waals surface area (Å²) in [5, 5.41) is 12.1. The zero-order valence-electron chi connectivity index (χ0n) is 15.1. The summed E-state index contributed by atoms with van der Waals surface area (Å²) in [6.07, 6.45) is 2.42. The summed E-state index contributed by atoms with van der Waals surface area (Å²) < 4.78 is 5.70. The van der Waals surface area contributed by atoms with E-state index in [0.29, 0.717) is 42.9 Å². The lowest BCUT2D eigenvalue weighted by Gasteiger charge is -2.33. The van der Waals surface area contributed by atoms with Gasteiger partial charge in [0.15, 0.2) is 6.10 Å². The molecule has 1 aliphatic rings. The smallest absolute Gasteiger partial charge is 0.267 e. The van der Waals surface area contributed by atoms with Crippen LogP contribution in [-0.2, 0) is 4.79 Å². The van der Waals surface area contributed by atoms with E-state index in [0.717, 1.165) is 0 Å². The van der Waals surface area contributed by atoms with Gasteiger partial charge in [-0.25, -0.2) is 0 Å². The third-order valence-electron chi connectivity index (χ3n) is 4.64. The van der Waals surface area contributed by atoms with Gasteiger partial charge in [-0.2, -0.15) is 5.26 Å². The maximum Gasteiger partial charge on any atom is 0.267 e. The molecule has 0 bridgehead atoms. The molecule has 0 spiro atoms. The highest BCUT2D eigenvalue weighted by Crippen LogP contribution is 2.20. The summed E-state index contributed by atoms with van der Waals surface area (Å²) in [5.74, 6) is 0.167. The maximum absolute atomic E-state index is 12.6. The number of likely N-dealkylation sites (tertiary alicyclic amines) is 1. The van der Waals surface area contributed by atoms with Gasteiger partial charge in [-0.15, -0.1) is 0 Å². The van der Waals surface area contributed by atoms with Crippen molar-refractivity contribution in [2.45, 2.75) is 31.9 Å². The van der Waals surface area contributed by atoms with Crippen LogP contribution in [0.25, 0.3) is 0 Å². The van der Waals surface area contributed by atoms with Gasteiger partial charge in [-0.3, -0.25) is 9.59 Å². The van der Waals surface area contributed by atoms with E-state index in [1.807, 2.05) is 0 Å². The Hall–Kier alpha value is -3.27. The molecular weight excluding hydrogens is 344 g/mol. The van der Waals surface area contributed by atoms with E-state index in [2.05, 4.69) is 16.4 Å². The molecule has 0 unspecified atom stereocenters. The van der Waals surface area contributed by atoms with Gasteiger partial charge in [0.2, 0.25) is 0 Å². The highest BCUT2D eigenvalue weighted by atomic mass is 16.5. The number of benzene rings is 1. The Balaban J connectivity index is 1.50. The molecule has 140 valence electrons. The zero-order chi connectivity index (χ0) is 19.2. The molecule has 1 fully saturated rings. The summed E-state index contributed by atoms with van der Waals surface area (Å²) in [6, 6.07) is 12.5. The molecule has 7 nitrogen and oxygen atoms in total. The first-order valence-electron chi connectivity index (χ1n) is 8.97. The van der Waals surface area contributed by atoms with Crippen molar-refractivity contribution >= 4 is 11.8 Å². The van der Waals surface area contributed by atoms with Gasteiger partial charge in [0, 0.05) is 25.3 Å². The van der Waals surface area contributed by atoms with Crippen LogP contribution in [0.1, 0.15) is 35.8 Å². The predicted molar refractivity (Wildman–Crippen MR) is 99.1 cm³/mol. The number of aromatic amines is 1. The molecular formula is C20H22N4O3. The molecule has 7 heteroatoms. The van der Waals surface area contributed by atoms with Crippen molar-refractivity contribution in [2.24, 2.45) is 0 Å². The van der Waals surface area contributed by atoms with E-state index in [-0.39, 0.29) is 17.9 Å². The minimum Gasteiger partial charge on any atom is -0.480 e. The Bertz CT molecular complexity index is 833. The quantitative estimate of drug-likeness (QED) is 0.846. The number of hydrogen-bond acceptors (Lipinski definition) is 4. The van der Waals surface area contributed by atoms with Crippen molar-refractivity contribution in [3.8, 4) is 11.8 Å². The summed E-state index contributed by atoms with van der Waals surface area (Å²) in [4.78, 5) is 29.4. The average Bonchev–Trinajstić information content (AvgIpc) is 3.23. The van der Waals surface area contributed by atoms with Crippen molar-refractivity contribution in [2.75, 3.05) is 13.1 Å². The number of nitrogens with one attached hydrogen (secondary N) is 2. The number of para-hydroxylation sites is 1. The van der Waals surface area contributed by atoms with Crippen molar-refractivity contribution in [3.63, 3.8) is 0 Å². The largest absolute Gasteiger partial charge is 0.480 e. The Morgan fingerprint density at radius 2 is 2.00 bits per heavy atom. The van der Waals surface area contributed by atoms with Crippen molar-refractivity contribution in [1.82, 2.24) is 15.2 Å². The topological polar surface area (TPSA) is 98.2 Å². The molecule has 1 saturated heterocycles. The van der Waals surface area contributed by atoms with Crippen LogP contribution >= 0.6 is 0 Å². The first-order chi connectivity index (χ1) is 13.1. The molecule has 27 heavy (non-hydrogen) atoms. The van der Waals surface area contributed by atoms with E-state index in [1.165, 1.54) is 0 Å². The standard InChI is InChI=1S/C20H22N4O3/c1-14(27-18-7-3-2-5-15(18)13-21)20(26)24-11-8-16(9-12-24)23-19(25)17-6-4-10-22-17/h2-7,10,14,16,22H,8-9,11-12H2,1H3,(H,23,25)/t14-/m1/s1. The zero-order valence-corrected chi connectivity index (χ0v) is 15.1. The molecule has 2 N–H and O–H groups in total. The SMILES string of the molecule is C[C@@H](Oc1ccccc1C#N)C(=O)N1CCC(NC(=O)c2ccc[nH]2)CC1. The number of piperidine rings is 1. The van der Waals surface area contributed by atoms with Crippen LogP contribution in [0.2, 0.25) is 0 Å². The van der Waals surface area contributed by atoms with Crippen LogP contribution in [-0.4, -0.2) is 46.9 Å². The third kappa shape index (κ3) is 4.47. The van der Waals surface area contributed by atoms with Gasteiger partial charge >= 0.3 is 0 Å². The number of hydrogen-bond donors (Lipinski definition) is 2. The lowest BCUT2D eigenvalue weighted by atomic mass is 10.0. The van der Waals surface area contributed by atoms with Gasteiger partial charge in [0.25, 0.3) is 11.8 Å². The second kappa shape index (κ2) is 8.41. The molecule has 1 aromatic heterocycles. The number of amides is 2. The number of ether oxygens (including phenoxy) is 1. The minimum atomic E-state index is -0.676. The fraction of sp³-hybridized carbons (Fsp3) is 0.350. The predicted octanol–water partition coefficient (Wildman–Crippen LogP) is 2.07. The normalized spacial score (nSPS) is 15.6. The number of aromatic nitrogens is 1. The summed E-state index contributed by atoms with van der Waals surface area (Å²) in [5.41, 5.74) is 0.939. The molecule has 2 aromatic rings. The van der Waals surface area contributed by atoms with E-state index in [1.54, 1.807) is 54.4 Å². The third-order valence-corrected chi connectivity index (χ3v) is 4.64. The molecule has 2 heterocycles. The molecule has 3 rings (SSSR count). The fourth-order valence-electron chi connectivity index (χ4n) is 3.14. The van der Waals surface area contributed by atoms with E-state index in [4.69, 9.17) is 10.00 Å². The average molecular weight is 366 g/mol. The molecule has 0 aliphatic carbocycles. The molecule has 2 amide bonds. The monoisotopic (exact) mass is 366 g/mol. The number of carbonyl (C=O) groups is 2. The van der Waals surface area contributed by atoms with Crippen LogP contribution in [0.5, 0.6) is 5.75 Å². The second-order valence-corrected chi connectivity index (χ2v) is 6.52. The second-order valence-electron chi connectivity index (χ2n) is 6.52. The van der Waals surface area contributed by atoms with Gasteiger partial charge in [-0.05, 0) is 44.0 Å². The van der Waals surface area contributed by atoms with E-state index >= 15 is 0 Å². The van der Waals surface area contributed by atoms with Crippen molar-refractivity contribution < 1.29 is 14.3 Å². The first-order valence-corrected chi connectivity index (χ1v) is 8.97. The summed E-state index contributed by atoms with van der Waals surface area (Å²) >= 11 is 0. The highest BCUT2D eigenvalue weighted by Gasteiger charge is 2.28. The summed E-state index contributed by atoms with van der Waals surface area (Å²) in [7, 11) is 0. The number of nitriles is 1.